The lowest BCUT2D eigenvalue weighted by atomic mass is 9.82. The lowest BCUT2D eigenvalue weighted by molar-refractivity contribution is 0.0945. The van der Waals surface area contributed by atoms with Gasteiger partial charge in [0.05, 0.1) is 14.2 Å². The number of hydrogen-bond donors (Lipinski definition) is 0. The summed E-state index contributed by atoms with van der Waals surface area (Å²) in [6.45, 7) is 0. The van der Waals surface area contributed by atoms with Crippen LogP contribution in [0.5, 0.6) is 11.5 Å². The number of benzene rings is 1. The van der Waals surface area contributed by atoms with Gasteiger partial charge in [0, 0.05) is 10.8 Å². The van der Waals surface area contributed by atoms with E-state index in [1.165, 1.54) is 10.4 Å². The van der Waals surface area contributed by atoms with Crippen molar-refractivity contribution in [3.8, 4) is 11.5 Å². The second kappa shape index (κ2) is 5.90. The molecule has 110 valence electrons. The fourth-order valence-corrected chi connectivity index (χ4v) is 4.01. The summed E-state index contributed by atoms with van der Waals surface area (Å²) >= 11 is 1.75. The monoisotopic (exact) mass is 302 g/mol. The van der Waals surface area contributed by atoms with Crippen LogP contribution in [0.1, 0.15) is 39.6 Å². The van der Waals surface area contributed by atoms with Crippen molar-refractivity contribution in [2.45, 2.75) is 25.2 Å². The van der Waals surface area contributed by atoms with Crippen LogP contribution in [0.4, 0.5) is 0 Å². The third kappa shape index (κ3) is 2.44. The Labute approximate surface area is 128 Å². The van der Waals surface area contributed by atoms with Crippen LogP contribution in [0, 0.1) is 0 Å². The number of ether oxygens (including phenoxy) is 2. The maximum atomic E-state index is 13.1. The molecule has 0 aliphatic heterocycles. The molecule has 0 fully saturated rings. The van der Waals surface area contributed by atoms with Gasteiger partial charge in [-0.15, -0.1) is 11.3 Å². The van der Waals surface area contributed by atoms with E-state index < -0.39 is 0 Å². The standard InChI is InChI=1S/C17H18O3S/c1-19-13-6-4-7-14(20-2)16(13)17(18)12-5-3-8-15-11(12)9-10-21-15/h4,6-7,9-10,12H,3,5,8H2,1-2H3. The molecule has 1 unspecified atom stereocenters. The first-order valence-corrected chi connectivity index (χ1v) is 7.95. The van der Waals surface area contributed by atoms with Crippen LogP contribution >= 0.6 is 11.3 Å². The van der Waals surface area contributed by atoms with Crippen molar-refractivity contribution < 1.29 is 14.3 Å². The SMILES string of the molecule is COc1cccc(OC)c1C(=O)C1CCCc2sccc21. The number of Topliss-reactive ketones (excluding diaryl/α,β-unsaturated/α-hetero) is 1. The summed E-state index contributed by atoms with van der Waals surface area (Å²) in [5, 5.41) is 2.08. The van der Waals surface area contributed by atoms with Gasteiger partial charge >= 0.3 is 0 Å². The largest absolute Gasteiger partial charge is 0.496 e. The number of thiophene rings is 1. The Kier molecular flexibility index (Phi) is 3.97. The minimum absolute atomic E-state index is 0.0785. The molecule has 1 aliphatic carbocycles. The zero-order valence-electron chi connectivity index (χ0n) is 12.2. The summed E-state index contributed by atoms with van der Waals surface area (Å²) in [7, 11) is 3.17. The van der Waals surface area contributed by atoms with E-state index in [2.05, 4.69) is 11.4 Å². The molecular formula is C17H18O3S. The van der Waals surface area contributed by atoms with Gasteiger partial charge in [-0.2, -0.15) is 0 Å². The van der Waals surface area contributed by atoms with Gasteiger partial charge < -0.3 is 9.47 Å². The molecule has 2 aromatic rings. The van der Waals surface area contributed by atoms with Gasteiger partial charge in [0.1, 0.15) is 17.1 Å². The molecule has 1 aliphatic rings. The molecule has 1 aromatic heterocycles. The first kappa shape index (κ1) is 14.1. The van der Waals surface area contributed by atoms with Crippen molar-refractivity contribution in [3.63, 3.8) is 0 Å². The van der Waals surface area contributed by atoms with Crippen LogP contribution in [0.25, 0.3) is 0 Å². The van der Waals surface area contributed by atoms with Gasteiger partial charge in [-0.25, -0.2) is 0 Å². The second-order valence-corrected chi connectivity index (χ2v) is 6.15. The third-order valence-electron chi connectivity index (χ3n) is 4.04. The Morgan fingerprint density at radius 3 is 2.57 bits per heavy atom. The molecule has 1 aromatic carbocycles. The van der Waals surface area contributed by atoms with Crippen LogP contribution in [-0.2, 0) is 6.42 Å². The number of hydrogen-bond acceptors (Lipinski definition) is 4. The summed E-state index contributed by atoms with van der Waals surface area (Å²) < 4.78 is 10.7. The average Bonchev–Trinajstić information content (AvgIpc) is 3.01. The molecule has 0 spiro atoms. The van der Waals surface area contributed by atoms with Gasteiger partial charge in [-0.1, -0.05) is 6.07 Å². The minimum Gasteiger partial charge on any atom is -0.496 e. The van der Waals surface area contributed by atoms with Crippen molar-refractivity contribution >= 4 is 17.1 Å². The molecule has 3 rings (SSSR count). The van der Waals surface area contributed by atoms with E-state index >= 15 is 0 Å². The number of rotatable bonds is 4. The van der Waals surface area contributed by atoms with E-state index in [9.17, 15) is 4.79 Å². The highest BCUT2D eigenvalue weighted by atomic mass is 32.1. The maximum absolute atomic E-state index is 13.1. The van der Waals surface area contributed by atoms with Crippen molar-refractivity contribution in [1.82, 2.24) is 0 Å². The Hall–Kier alpha value is -1.81. The fraction of sp³-hybridized carbons (Fsp3) is 0.353. The molecule has 0 bridgehead atoms. The summed E-state index contributed by atoms with van der Waals surface area (Å²) in [5.74, 6) is 1.19. The van der Waals surface area contributed by atoms with E-state index in [1.54, 1.807) is 25.6 Å². The quantitative estimate of drug-likeness (QED) is 0.799. The molecule has 3 nitrogen and oxygen atoms in total. The fourth-order valence-electron chi connectivity index (χ4n) is 3.03. The van der Waals surface area contributed by atoms with E-state index in [1.807, 2.05) is 18.2 Å². The Morgan fingerprint density at radius 2 is 1.90 bits per heavy atom. The number of carbonyl (C=O) groups is 1. The van der Waals surface area contributed by atoms with E-state index in [0.29, 0.717) is 17.1 Å². The Morgan fingerprint density at radius 1 is 1.19 bits per heavy atom. The molecule has 1 heterocycles. The number of methoxy groups -OCH3 is 2. The van der Waals surface area contributed by atoms with Crippen LogP contribution in [0.2, 0.25) is 0 Å². The second-order valence-electron chi connectivity index (χ2n) is 5.15. The molecule has 0 amide bonds. The van der Waals surface area contributed by atoms with Crippen molar-refractivity contribution in [2.24, 2.45) is 0 Å². The van der Waals surface area contributed by atoms with Crippen molar-refractivity contribution in [1.29, 1.82) is 0 Å². The number of aryl methyl sites for hydroxylation is 1. The van der Waals surface area contributed by atoms with Crippen molar-refractivity contribution in [3.05, 3.63) is 45.6 Å². The smallest absolute Gasteiger partial charge is 0.177 e. The van der Waals surface area contributed by atoms with Crippen molar-refractivity contribution in [2.75, 3.05) is 14.2 Å². The summed E-state index contributed by atoms with van der Waals surface area (Å²) in [6.07, 6.45) is 3.03. The van der Waals surface area contributed by atoms with Gasteiger partial charge in [0.25, 0.3) is 0 Å². The minimum atomic E-state index is -0.0785. The van der Waals surface area contributed by atoms with Gasteiger partial charge in [-0.3, -0.25) is 4.79 Å². The topological polar surface area (TPSA) is 35.5 Å². The highest BCUT2D eigenvalue weighted by Crippen LogP contribution is 2.40. The number of ketones is 1. The lowest BCUT2D eigenvalue weighted by Gasteiger charge is -2.23. The molecule has 4 heteroatoms. The molecule has 0 saturated carbocycles. The maximum Gasteiger partial charge on any atom is 0.177 e. The first-order valence-electron chi connectivity index (χ1n) is 7.07. The molecule has 0 saturated heterocycles. The molecule has 0 N–H and O–H groups in total. The van der Waals surface area contributed by atoms with Gasteiger partial charge in [0.15, 0.2) is 5.78 Å². The summed E-state index contributed by atoms with van der Waals surface area (Å²) in [4.78, 5) is 14.4. The number of fused-ring (bicyclic) bond motifs is 1. The number of carbonyl (C=O) groups excluding carboxylic acids is 1. The van der Waals surface area contributed by atoms with Crippen LogP contribution < -0.4 is 9.47 Å². The highest BCUT2D eigenvalue weighted by Gasteiger charge is 2.31. The molecule has 21 heavy (non-hydrogen) atoms. The van der Waals surface area contributed by atoms with E-state index in [4.69, 9.17) is 9.47 Å². The first-order chi connectivity index (χ1) is 10.3. The third-order valence-corrected chi connectivity index (χ3v) is 5.04. The van der Waals surface area contributed by atoms with Gasteiger partial charge in [-0.05, 0) is 48.4 Å². The molecular weight excluding hydrogens is 284 g/mol. The zero-order chi connectivity index (χ0) is 14.8. The predicted octanol–water partition coefficient (Wildman–Crippen LogP) is 4.07. The van der Waals surface area contributed by atoms with Crippen LogP contribution in [0.15, 0.2) is 29.6 Å². The Balaban J connectivity index is 2.05. The molecule has 0 radical (unpaired) electrons. The normalized spacial score (nSPS) is 17.1. The van der Waals surface area contributed by atoms with E-state index in [-0.39, 0.29) is 11.7 Å². The molecule has 1 atom stereocenters. The predicted molar refractivity (Wildman–Crippen MR) is 83.9 cm³/mol. The summed E-state index contributed by atoms with van der Waals surface area (Å²) in [5.41, 5.74) is 1.75. The lowest BCUT2D eigenvalue weighted by Crippen LogP contribution is -2.18. The van der Waals surface area contributed by atoms with Gasteiger partial charge in [0.2, 0.25) is 0 Å². The van der Waals surface area contributed by atoms with Crippen LogP contribution in [0.3, 0.4) is 0 Å². The average molecular weight is 302 g/mol. The van der Waals surface area contributed by atoms with E-state index in [0.717, 1.165) is 19.3 Å². The zero-order valence-corrected chi connectivity index (χ0v) is 13.0. The van der Waals surface area contributed by atoms with Crippen LogP contribution in [-0.4, -0.2) is 20.0 Å². The highest BCUT2D eigenvalue weighted by molar-refractivity contribution is 7.10. The Bertz CT molecular complexity index is 638. The summed E-state index contributed by atoms with van der Waals surface area (Å²) in [6, 6.07) is 7.55.